The van der Waals surface area contributed by atoms with E-state index in [-0.39, 0.29) is 18.1 Å². The van der Waals surface area contributed by atoms with Crippen molar-refractivity contribution in [3.05, 3.63) is 35.4 Å². The molecule has 23 heavy (non-hydrogen) atoms. The second kappa shape index (κ2) is 8.31. The molecule has 0 bridgehead atoms. The van der Waals surface area contributed by atoms with Crippen LogP contribution in [0.15, 0.2) is 24.3 Å². The maximum Gasteiger partial charge on any atom is 0.314 e. The van der Waals surface area contributed by atoms with E-state index < -0.39 is 6.10 Å². The summed E-state index contributed by atoms with van der Waals surface area (Å²) in [6.07, 6.45) is 3.30. The first-order valence-electron chi connectivity index (χ1n) is 8.32. The van der Waals surface area contributed by atoms with Gasteiger partial charge in [-0.15, -0.1) is 0 Å². The number of carbonyl (C=O) groups is 1. The molecule has 0 radical (unpaired) electrons. The number of nitrogens with one attached hydrogen (secondary N) is 2. The zero-order chi connectivity index (χ0) is 16.7. The van der Waals surface area contributed by atoms with Crippen LogP contribution < -0.4 is 10.6 Å². The average Bonchev–Trinajstić information content (AvgIpc) is 2.54. The number of aryl methyl sites for hydroxylation is 1. The van der Waals surface area contributed by atoms with Gasteiger partial charge in [0.15, 0.2) is 0 Å². The number of urea groups is 1. The summed E-state index contributed by atoms with van der Waals surface area (Å²) >= 11 is 0. The smallest absolute Gasteiger partial charge is 0.314 e. The number of ether oxygens (including phenoxy) is 1. The van der Waals surface area contributed by atoms with Gasteiger partial charge in [-0.3, -0.25) is 0 Å². The predicted molar refractivity (Wildman–Crippen MR) is 90.6 cm³/mol. The van der Waals surface area contributed by atoms with Crippen molar-refractivity contribution in [2.45, 2.75) is 44.1 Å². The lowest BCUT2D eigenvalue weighted by Gasteiger charge is -2.36. The molecular weight excluding hydrogens is 292 g/mol. The Morgan fingerprint density at radius 2 is 2.17 bits per heavy atom. The molecule has 0 spiro atoms. The third-order valence-electron chi connectivity index (χ3n) is 4.60. The minimum atomic E-state index is -0.539. The summed E-state index contributed by atoms with van der Waals surface area (Å²) in [6, 6.07) is 8.33. The Morgan fingerprint density at radius 1 is 1.39 bits per heavy atom. The van der Waals surface area contributed by atoms with Gasteiger partial charge in [0.2, 0.25) is 0 Å². The van der Waals surface area contributed by atoms with Crippen molar-refractivity contribution >= 4 is 6.03 Å². The van der Waals surface area contributed by atoms with Crippen molar-refractivity contribution in [1.29, 1.82) is 0 Å². The van der Waals surface area contributed by atoms with Crippen LogP contribution in [-0.2, 0) is 16.6 Å². The highest BCUT2D eigenvalue weighted by molar-refractivity contribution is 5.74. The molecule has 1 aromatic carbocycles. The van der Waals surface area contributed by atoms with Gasteiger partial charge in [-0.25, -0.2) is 4.79 Å². The standard InChI is InChI=1S/C18H28N2O3/c1-18(10-5-7-14-6-3-4-8-16(14)18)13-20-17(22)19-11-9-15(21)12-23-2/h3-4,6,8,15,21H,5,7,9-13H2,1-2H3,(H2,19,20,22). The topological polar surface area (TPSA) is 70.6 Å². The van der Waals surface area contributed by atoms with E-state index in [4.69, 9.17) is 4.74 Å². The molecule has 0 aliphatic heterocycles. The van der Waals surface area contributed by atoms with E-state index in [2.05, 4.69) is 41.8 Å². The molecule has 2 atom stereocenters. The van der Waals surface area contributed by atoms with Crippen LogP contribution >= 0.6 is 0 Å². The van der Waals surface area contributed by atoms with Crippen LogP contribution in [0.2, 0.25) is 0 Å². The Balaban J connectivity index is 1.80. The third-order valence-corrected chi connectivity index (χ3v) is 4.60. The Hall–Kier alpha value is -1.59. The molecule has 1 aromatic rings. The minimum Gasteiger partial charge on any atom is -0.391 e. The predicted octanol–water partition coefficient (Wildman–Crippen LogP) is 1.98. The Kier molecular flexibility index (Phi) is 6.42. The number of hydrogen-bond acceptors (Lipinski definition) is 3. The van der Waals surface area contributed by atoms with E-state index in [0.29, 0.717) is 19.5 Å². The van der Waals surface area contributed by atoms with Crippen LogP contribution in [0.3, 0.4) is 0 Å². The molecule has 2 unspecified atom stereocenters. The maximum atomic E-state index is 11.9. The van der Waals surface area contributed by atoms with Crippen molar-refractivity contribution < 1.29 is 14.6 Å². The summed E-state index contributed by atoms with van der Waals surface area (Å²) in [7, 11) is 1.55. The van der Waals surface area contributed by atoms with Crippen LogP contribution in [0, 0.1) is 0 Å². The Bertz CT molecular complexity index is 521. The van der Waals surface area contributed by atoms with Gasteiger partial charge in [0.05, 0.1) is 12.7 Å². The van der Waals surface area contributed by atoms with E-state index in [1.807, 2.05) is 0 Å². The fraction of sp³-hybridized carbons (Fsp3) is 0.611. The third kappa shape index (κ3) is 4.94. The van der Waals surface area contributed by atoms with Crippen molar-refractivity contribution in [3.63, 3.8) is 0 Å². The summed E-state index contributed by atoms with van der Waals surface area (Å²) in [5, 5.41) is 15.3. The first-order valence-corrected chi connectivity index (χ1v) is 8.32. The fourth-order valence-electron chi connectivity index (χ4n) is 3.28. The minimum absolute atomic E-state index is 0.0122. The summed E-state index contributed by atoms with van der Waals surface area (Å²) in [5.74, 6) is 0. The molecule has 5 nitrogen and oxygen atoms in total. The van der Waals surface area contributed by atoms with Crippen molar-refractivity contribution in [1.82, 2.24) is 10.6 Å². The second-order valence-electron chi connectivity index (χ2n) is 6.58. The van der Waals surface area contributed by atoms with Gasteiger partial charge < -0.3 is 20.5 Å². The first kappa shape index (κ1) is 17.8. The van der Waals surface area contributed by atoms with Crippen LogP contribution in [0.5, 0.6) is 0 Å². The fourth-order valence-corrected chi connectivity index (χ4v) is 3.28. The largest absolute Gasteiger partial charge is 0.391 e. The highest BCUT2D eigenvalue weighted by Crippen LogP contribution is 2.36. The van der Waals surface area contributed by atoms with Crippen LogP contribution in [0.25, 0.3) is 0 Å². The number of aliphatic hydroxyl groups is 1. The second-order valence-corrected chi connectivity index (χ2v) is 6.58. The molecule has 0 saturated heterocycles. The van der Waals surface area contributed by atoms with Gasteiger partial charge in [0.25, 0.3) is 0 Å². The average molecular weight is 320 g/mol. The molecule has 5 heteroatoms. The first-order chi connectivity index (χ1) is 11.0. The quantitative estimate of drug-likeness (QED) is 0.719. The molecule has 1 aliphatic rings. The lowest BCUT2D eigenvalue weighted by atomic mass is 9.71. The van der Waals surface area contributed by atoms with Crippen molar-refractivity contribution in [3.8, 4) is 0 Å². The van der Waals surface area contributed by atoms with E-state index in [0.717, 1.165) is 19.3 Å². The highest BCUT2D eigenvalue weighted by atomic mass is 16.5. The number of amides is 2. The molecule has 2 rings (SSSR count). The molecule has 0 saturated carbocycles. The molecule has 128 valence electrons. The molecule has 0 fully saturated rings. The van der Waals surface area contributed by atoms with Gasteiger partial charge in [0, 0.05) is 25.6 Å². The number of carbonyl (C=O) groups excluding carboxylic acids is 1. The van der Waals surface area contributed by atoms with Crippen molar-refractivity contribution in [2.75, 3.05) is 26.8 Å². The number of hydrogen-bond donors (Lipinski definition) is 3. The van der Waals surface area contributed by atoms with Gasteiger partial charge in [-0.2, -0.15) is 0 Å². The number of benzene rings is 1. The zero-order valence-electron chi connectivity index (χ0n) is 14.1. The van der Waals surface area contributed by atoms with E-state index in [1.54, 1.807) is 7.11 Å². The molecule has 0 aromatic heterocycles. The molecule has 3 N–H and O–H groups in total. The Labute approximate surface area is 138 Å². The lowest BCUT2D eigenvalue weighted by Crippen LogP contribution is -2.45. The Morgan fingerprint density at radius 3 is 2.96 bits per heavy atom. The van der Waals surface area contributed by atoms with Gasteiger partial charge in [-0.05, 0) is 36.8 Å². The number of aliphatic hydroxyl groups excluding tert-OH is 1. The van der Waals surface area contributed by atoms with E-state index in [1.165, 1.54) is 11.1 Å². The molecule has 1 aliphatic carbocycles. The van der Waals surface area contributed by atoms with Crippen LogP contribution in [-0.4, -0.2) is 44.0 Å². The normalized spacial score (nSPS) is 21.3. The molecule has 0 heterocycles. The molecular formula is C18H28N2O3. The summed E-state index contributed by atoms with van der Waals surface area (Å²) in [5.41, 5.74) is 2.73. The van der Waals surface area contributed by atoms with Gasteiger partial charge in [0.1, 0.15) is 0 Å². The van der Waals surface area contributed by atoms with E-state index in [9.17, 15) is 9.90 Å². The highest BCUT2D eigenvalue weighted by Gasteiger charge is 2.31. The SMILES string of the molecule is COCC(O)CCNC(=O)NCC1(C)CCCc2ccccc21. The lowest BCUT2D eigenvalue weighted by molar-refractivity contribution is 0.0598. The van der Waals surface area contributed by atoms with Crippen LogP contribution in [0.1, 0.15) is 37.3 Å². The molecule has 2 amide bonds. The number of fused-ring (bicyclic) bond motifs is 1. The summed E-state index contributed by atoms with van der Waals surface area (Å²) in [4.78, 5) is 11.9. The zero-order valence-corrected chi connectivity index (χ0v) is 14.1. The number of methoxy groups -OCH3 is 1. The van der Waals surface area contributed by atoms with Gasteiger partial charge >= 0.3 is 6.03 Å². The monoisotopic (exact) mass is 320 g/mol. The van der Waals surface area contributed by atoms with E-state index >= 15 is 0 Å². The van der Waals surface area contributed by atoms with Gasteiger partial charge in [-0.1, -0.05) is 31.2 Å². The van der Waals surface area contributed by atoms with Crippen molar-refractivity contribution in [2.24, 2.45) is 0 Å². The summed E-state index contributed by atoms with van der Waals surface area (Å²) in [6.45, 7) is 3.56. The maximum absolute atomic E-state index is 11.9. The summed E-state index contributed by atoms with van der Waals surface area (Å²) < 4.78 is 4.86. The number of rotatable bonds is 7. The van der Waals surface area contributed by atoms with Crippen LogP contribution in [0.4, 0.5) is 4.79 Å².